The lowest BCUT2D eigenvalue weighted by molar-refractivity contribution is -0.116. The molecular weight excluding hydrogens is 283 g/mol. The zero-order valence-corrected chi connectivity index (χ0v) is 11.6. The Bertz CT molecular complexity index is 573. The number of carbonyl (C=O) groups is 1. The summed E-state index contributed by atoms with van der Waals surface area (Å²) in [4.78, 5) is 15.8. The van der Waals surface area contributed by atoms with Gasteiger partial charge in [-0.3, -0.25) is 9.78 Å². The van der Waals surface area contributed by atoms with Crippen molar-refractivity contribution in [2.75, 3.05) is 5.32 Å². The number of pyridine rings is 1. The van der Waals surface area contributed by atoms with E-state index in [1.165, 1.54) is 0 Å². The topological polar surface area (TPSA) is 42.0 Å². The van der Waals surface area contributed by atoms with Gasteiger partial charge in [0.25, 0.3) is 0 Å². The van der Waals surface area contributed by atoms with Crippen LogP contribution < -0.4 is 5.32 Å². The van der Waals surface area contributed by atoms with E-state index in [0.717, 1.165) is 5.56 Å². The van der Waals surface area contributed by atoms with Crippen molar-refractivity contribution in [3.63, 3.8) is 0 Å². The molecule has 0 unspecified atom stereocenters. The fraction of sp³-hybridized carbons (Fsp3) is 0.143. The van der Waals surface area contributed by atoms with E-state index in [1.54, 1.807) is 30.6 Å². The fourth-order valence-corrected chi connectivity index (χ4v) is 1.95. The SMILES string of the molecule is O=C(CCc1cccnc1)Nc1cc(Cl)ccc1Cl. The van der Waals surface area contributed by atoms with Crippen molar-refractivity contribution in [3.05, 3.63) is 58.3 Å². The summed E-state index contributed by atoms with van der Waals surface area (Å²) in [7, 11) is 0. The van der Waals surface area contributed by atoms with Gasteiger partial charge in [0.2, 0.25) is 5.91 Å². The molecule has 0 bridgehead atoms. The Kier molecular flexibility index (Phi) is 4.77. The number of carbonyl (C=O) groups excluding carboxylic acids is 1. The predicted octanol–water partition coefficient (Wildman–Crippen LogP) is 3.96. The average Bonchev–Trinajstić information content (AvgIpc) is 2.42. The Morgan fingerprint density at radius 1 is 1.26 bits per heavy atom. The number of aromatic nitrogens is 1. The summed E-state index contributed by atoms with van der Waals surface area (Å²) in [5, 5.41) is 3.75. The number of hydrogen-bond donors (Lipinski definition) is 1. The van der Waals surface area contributed by atoms with E-state index in [-0.39, 0.29) is 5.91 Å². The maximum Gasteiger partial charge on any atom is 0.224 e. The standard InChI is InChI=1S/C14H12Cl2N2O/c15-11-4-5-12(16)13(8-11)18-14(19)6-3-10-2-1-7-17-9-10/h1-2,4-5,7-9H,3,6H2,(H,18,19). The third-order valence-corrected chi connectivity index (χ3v) is 3.13. The minimum absolute atomic E-state index is 0.104. The van der Waals surface area contributed by atoms with E-state index in [9.17, 15) is 4.79 Å². The highest BCUT2D eigenvalue weighted by molar-refractivity contribution is 6.35. The van der Waals surface area contributed by atoms with Gasteiger partial charge in [-0.1, -0.05) is 29.3 Å². The van der Waals surface area contributed by atoms with Crippen LogP contribution in [0, 0.1) is 0 Å². The Balaban J connectivity index is 1.93. The maximum atomic E-state index is 11.8. The highest BCUT2D eigenvalue weighted by Gasteiger charge is 2.07. The number of anilines is 1. The summed E-state index contributed by atoms with van der Waals surface area (Å²) >= 11 is 11.8. The third kappa shape index (κ3) is 4.23. The normalized spacial score (nSPS) is 10.2. The fourth-order valence-electron chi connectivity index (χ4n) is 1.61. The summed E-state index contributed by atoms with van der Waals surface area (Å²) in [6.45, 7) is 0. The molecule has 0 fully saturated rings. The van der Waals surface area contributed by atoms with Crippen LogP contribution in [0.4, 0.5) is 5.69 Å². The molecule has 1 heterocycles. The minimum Gasteiger partial charge on any atom is -0.325 e. The molecule has 0 aliphatic heterocycles. The average molecular weight is 295 g/mol. The molecule has 98 valence electrons. The van der Waals surface area contributed by atoms with Gasteiger partial charge in [-0.2, -0.15) is 0 Å². The molecule has 0 saturated carbocycles. The van der Waals surface area contributed by atoms with Crippen molar-refractivity contribution in [1.29, 1.82) is 0 Å². The van der Waals surface area contributed by atoms with Crippen LogP contribution in [-0.4, -0.2) is 10.9 Å². The number of amides is 1. The summed E-state index contributed by atoms with van der Waals surface area (Å²) in [6.07, 6.45) is 4.46. The Labute approximate surface area is 121 Å². The molecule has 5 heteroatoms. The molecular formula is C14H12Cl2N2O. The number of benzene rings is 1. The zero-order valence-electron chi connectivity index (χ0n) is 10.1. The molecule has 19 heavy (non-hydrogen) atoms. The predicted molar refractivity (Wildman–Crippen MR) is 77.6 cm³/mol. The van der Waals surface area contributed by atoms with Crippen LogP contribution in [0.25, 0.3) is 0 Å². The second-order valence-electron chi connectivity index (χ2n) is 4.03. The number of hydrogen-bond acceptors (Lipinski definition) is 2. The van der Waals surface area contributed by atoms with Crippen LogP contribution in [0.1, 0.15) is 12.0 Å². The van der Waals surface area contributed by atoms with Crippen molar-refractivity contribution in [3.8, 4) is 0 Å². The van der Waals surface area contributed by atoms with Crippen LogP contribution >= 0.6 is 23.2 Å². The molecule has 1 N–H and O–H groups in total. The van der Waals surface area contributed by atoms with Gasteiger partial charge in [-0.15, -0.1) is 0 Å². The largest absolute Gasteiger partial charge is 0.325 e. The van der Waals surface area contributed by atoms with Crippen LogP contribution in [-0.2, 0) is 11.2 Å². The van der Waals surface area contributed by atoms with Crippen molar-refractivity contribution in [1.82, 2.24) is 4.98 Å². The van der Waals surface area contributed by atoms with Gasteiger partial charge >= 0.3 is 0 Å². The second kappa shape index (κ2) is 6.55. The summed E-state index contributed by atoms with van der Waals surface area (Å²) in [5.41, 5.74) is 1.56. The molecule has 1 aromatic heterocycles. The first-order chi connectivity index (χ1) is 9.15. The van der Waals surface area contributed by atoms with E-state index in [1.807, 2.05) is 12.1 Å². The molecule has 1 aromatic carbocycles. The van der Waals surface area contributed by atoms with E-state index in [0.29, 0.717) is 28.6 Å². The van der Waals surface area contributed by atoms with Crippen molar-refractivity contribution >= 4 is 34.8 Å². The third-order valence-electron chi connectivity index (χ3n) is 2.57. The summed E-state index contributed by atoms with van der Waals surface area (Å²) in [6, 6.07) is 8.75. The van der Waals surface area contributed by atoms with E-state index in [4.69, 9.17) is 23.2 Å². The number of aryl methyl sites for hydroxylation is 1. The second-order valence-corrected chi connectivity index (χ2v) is 4.88. The van der Waals surface area contributed by atoms with Gasteiger partial charge in [0.15, 0.2) is 0 Å². The van der Waals surface area contributed by atoms with Crippen LogP contribution in [0.2, 0.25) is 10.0 Å². The highest BCUT2D eigenvalue weighted by atomic mass is 35.5. The van der Waals surface area contributed by atoms with Gasteiger partial charge in [-0.05, 0) is 36.2 Å². The lowest BCUT2D eigenvalue weighted by atomic mass is 10.1. The molecule has 0 atom stereocenters. The first-order valence-corrected chi connectivity index (χ1v) is 6.54. The van der Waals surface area contributed by atoms with Crippen molar-refractivity contribution in [2.45, 2.75) is 12.8 Å². The van der Waals surface area contributed by atoms with Gasteiger partial charge in [0.1, 0.15) is 0 Å². The first kappa shape index (κ1) is 13.8. The van der Waals surface area contributed by atoms with E-state index in [2.05, 4.69) is 10.3 Å². The Morgan fingerprint density at radius 3 is 2.84 bits per heavy atom. The van der Waals surface area contributed by atoms with E-state index >= 15 is 0 Å². The number of nitrogens with zero attached hydrogens (tertiary/aromatic N) is 1. The van der Waals surface area contributed by atoms with Gasteiger partial charge < -0.3 is 5.32 Å². The first-order valence-electron chi connectivity index (χ1n) is 5.79. The number of rotatable bonds is 4. The van der Waals surface area contributed by atoms with Crippen molar-refractivity contribution in [2.24, 2.45) is 0 Å². The number of halogens is 2. The monoisotopic (exact) mass is 294 g/mol. The summed E-state index contributed by atoms with van der Waals surface area (Å²) < 4.78 is 0. The molecule has 1 amide bonds. The number of nitrogens with one attached hydrogen (secondary N) is 1. The molecule has 0 aliphatic carbocycles. The zero-order chi connectivity index (χ0) is 13.7. The van der Waals surface area contributed by atoms with Crippen LogP contribution in [0.5, 0.6) is 0 Å². The van der Waals surface area contributed by atoms with Gasteiger partial charge in [-0.25, -0.2) is 0 Å². The quantitative estimate of drug-likeness (QED) is 0.927. The van der Waals surface area contributed by atoms with E-state index < -0.39 is 0 Å². The Hall–Kier alpha value is -1.58. The van der Waals surface area contributed by atoms with Gasteiger partial charge in [0.05, 0.1) is 10.7 Å². The lowest BCUT2D eigenvalue weighted by Gasteiger charge is -2.07. The summed E-state index contributed by atoms with van der Waals surface area (Å²) in [5.74, 6) is -0.104. The van der Waals surface area contributed by atoms with Crippen LogP contribution in [0.3, 0.4) is 0 Å². The smallest absolute Gasteiger partial charge is 0.224 e. The highest BCUT2D eigenvalue weighted by Crippen LogP contribution is 2.25. The van der Waals surface area contributed by atoms with Gasteiger partial charge in [0, 0.05) is 23.8 Å². The lowest BCUT2D eigenvalue weighted by Crippen LogP contribution is -2.12. The molecule has 0 aliphatic rings. The van der Waals surface area contributed by atoms with Crippen molar-refractivity contribution < 1.29 is 4.79 Å². The molecule has 0 saturated heterocycles. The molecule has 2 aromatic rings. The molecule has 0 radical (unpaired) electrons. The maximum absolute atomic E-state index is 11.8. The molecule has 0 spiro atoms. The molecule has 2 rings (SSSR count). The van der Waals surface area contributed by atoms with Crippen LogP contribution in [0.15, 0.2) is 42.7 Å². The Morgan fingerprint density at radius 2 is 2.11 bits per heavy atom. The minimum atomic E-state index is -0.104. The molecule has 3 nitrogen and oxygen atoms in total.